The van der Waals surface area contributed by atoms with Crippen LogP contribution < -0.4 is 10.2 Å². The van der Waals surface area contributed by atoms with Gasteiger partial charge in [0.25, 0.3) is 5.91 Å². The number of nitrogens with zero attached hydrogens (tertiary/aromatic N) is 3. The number of amides is 2. The van der Waals surface area contributed by atoms with E-state index in [1.807, 2.05) is 18.2 Å². The fourth-order valence-corrected chi connectivity index (χ4v) is 4.01. The number of benzene rings is 2. The van der Waals surface area contributed by atoms with Crippen LogP contribution >= 0.6 is 12.2 Å². The summed E-state index contributed by atoms with van der Waals surface area (Å²) in [5.41, 5.74) is 1.55. The van der Waals surface area contributed by atoms with Crippen LogP contribution in [0.15, 0.2) is 65.2 Å². The molecule has 1 aromatic heterocycles. The molecular weight excluding hydrogens is 431 g/mol. The Hall–Kier alpha value is -3.59. The summed E-state index contributed by atoms with van der Waals surface area (Å²) in [6, 6.07) is 16.1. The van der Waals surface area contributed by atoms with Gasteiger partial charge < -0.3 is 14.7 Å². The second-order valence-electron chi connectivity index (χ2n) is 7.45. The summed E-state index contributed by atoms with van der Waals surface area (Å²) < 4.78 is 18.2. The lowest BCUT2D eigenvalue weighted by molar-refractivity contribution is -0.124. The minimum Gasteiger partial charge on any atom is -0.360 e. The lowest BCUT2D eigenvalue weighted by Crippen LogP contribution is -2.39. The maximum Gasteiger partial charge on any atom is 0.256 e. The van der Waals surface area contributed by atoms with E-state index in [1.165, 1.54) is 17.0 Å². The first-order valence-electron chi connectivity index (χ1n) is 10.1. The topological polar surface area (TPSA) is 78.7 Å². The molecular formula is C23H21FN4O3S. The van der Waals surface area contributed by atoms with E-state index in [9.17, 15) is 14.0 Å². The van der Waals surface area contributed by atoms with Crippen molar-refractivity contribution >= 4 is 40.6 Å². The Bertz CT molecular complexity index is 1130. The van der Waals surface area contributed by atoms with E-state index in [4.69, 9.17) is 16.7 Å². The number of aromatic nitrogens is 1. The highest BCUT2D eigenvalue weighted by molar-refractivity contribution is 7.80. The molecule has 4 rings (SSSR count). The van der Waals surface area contributed by atoms with Crippen LogP contribution in [0.1, 0.15) is 17.7 Å². The third kappa shape index (κ3) is 4.67. The highest BCUT2D eigenvalue weighted by Crippen LogP contribution is 2.27. The molecule has 164 valence electrons. The first-order valence-corrected chi connectivity index (χ1v) is 10.5. The third-order valence-electron chi connectivity index (χ3n) is 5.16. The van der Waals surface area contributed by atoms with Crippen molar-refractivity contribution in [1.82, 2.24) is 10.1 Å². The van der Waals surface area contributed by atoms with Gasteiger partial charge in [0.15, 0.2) is 10.9 Å². The molecule has 2 amide bonds. The minimum absolute atomic E-state index is 0.0996. The number of carbonyl (C=O) groups excluding carboxylic acids is 2. The molecule has 1 fully saturated rings. The average molecular weight is 453 g/mol. The lowest BCUT2D eigenvalue weighted by Gasteiger charge is -2.23. The van der Waals surface area contributed by atoms with E-state index >= 15 is 0 Å². The second kappa shape index (κ2) is 9.27. The van der Waals surface area contributed by atoms with Gasteiger partial charge in [0.1, 0.15) is 17.6 Å². The molecule has 1 N–H and O–H groups in total. The van der Waals surface area contributed by atoms with Crippen molar-refractivity contribution in [1.29, 1.82) is 0 Å². The normalized spacial score (nSPS) is 16.0. The van der Waals surface area contributed by atoms with Gasteiger partial charge in [-0.2, -0.15) is 0 Å². The quantitative estimate of drug-likeness (QED) is 0.551. The van der Waals surface area contributed by atoms with Crippen molar-refractivity contribution in [3.05, 3.63) is 77.8 Å². The van der Waals surface area contributed by atoms with Gasteiger partial charge in [0, 0.05) is 12.6 Å². The highest BCUT2D eigenvalue weighted by atomic mass is 32.1. The largest absolute Gasteiger partial charge is 0.360 e. The predicted molar refractivity (Wildman–Crippen MR) is 122 cm³/mol. The monoisotopic (exact) mass is 452 g/mol. The first kappa shape index (κ1) is 21.6. The Kier molecular flexibility index (Phi) is 6.27. The molecule has 0 aliphatic carbocycles. The van der Waals surface area contributed by atoms with E-state index in [-0.39, 0.29) is 24.1 Å². The maximum atomic E-state index is 13.3. The van der Waals surface area contributed by atoms with Crippen molar-refractivity contribution in [3.8, 4) is 0 Å². The molecule has 0 unspecified atom stereocenters. The van der Waals surface area contributed by atoms with Crippen LogP contribution in [0.25, 0.3) is 0 Å². The van der Waals surface area contributed by atoms with Crippen LogP contribution in [0.2, 0.25) is 0 Å². The molecule has 7 nitrogen and oxygen atoms in total. The van der Waals surface area contributed by atoms with Gasteiger partial charge in [-0.3, -0.25) is 14.5 Å². The summed E-state index contributed by atoms with van der Waals surface area (Å²) in [7, 11) is 0. The van der Waals surface area contributed by atoms with Crippen molar-refractivity contribution in [3.63, 3.8) is 0 Å². The maximum absolute atomic E-state index is 13.3. The number of para-hydroxylation sites is 1. The summed E-state index contributed by atoms with van der Waals surface area (Å²) >= 11 is 5.63. The average Bonchev–Trinajstić information content (AvgIpc) is 3.28. The van der Waals surface area contributed by atoms with Crippen LogP contribution in [-0.2, 0) is 16.0 Å². The van der Waals surface area contributed by atoms with Gasteiger partial charge >= 0.3 is 0 Å². The molecule has 0 radical (unpaired) electrons. The number of thiocarbonyl (C=S) groups is 1. The molecule has 2 heterocycles. The zero-order valence-corrected chi connectivity index (χ0v) is 18.1. The number of hydrogen-bond acceptors (Lipinski definition) is 5. The van der Waals surface area contributed by atoms with Crippen molar-refractivity contribution in [2.24, 2.45) is 0 Å². The summed E-state index contributed by atoms with van der Waals surface area (Å²) in [4.78, 5) is 29.2. The van der Waals surface area contributed by atoms with Gasteiger partial charge in [0.2, 0.25) is 5.91 Å². The van der Waals surface area contributed by atoms with E-state index in [2.05, 4.69) is 10.5 Å². The molecule has 1 aliphatic rings. The predicted octanol–water partition coefficient (Wildman–Crippen LogP) is 3.70. The lowest BCUT2D eigenvalue weighted by atomic mass is 10.1. The number of hydrogen-bond donors (Lipinski definition) is 1. The Morgan fingerprint density at radius 2 is 1.91 bits per heavy atom. The Labute approximate surface area is 189 Å². The van der Waals surface area contributed by atoms with Crippen molar-refractivity contribution in [2.75, 3.05) is 16.8 Å². The van der Waals surface area contributed by atoms with Gasteiger partial charge in [-0.1, -0.05) is 35.5 Å². The Morgan fingerprint density at radius 1 is 1.19 bits per heavy atom. The molecule has 3 aromatic rings. The molecule has 2 aromatic carbocycles. The van der Waals surface area contributed by atoms with E-state index in [1.54, 1.807) is 42.2 Å². The summed E-state index contributed by atoms with van der Waals surface area (Å²) in [5, 5.41) is 6.74. The molecule has 0 spiro atoms. The van der Waals surface area contributed by atoms with E-state index < -0.39 is 6.04 Å². The van der Waals surface area contributed by atoms with Crippen LogP contribution in [0.5, 0.6) is 0 Å². The summed E-state index contributed by atoms with van der Waals surface area (Å²) in [6.07, 6.45) is 0.439. The van der Waals surface area contributed by atoms with Gasteiger partial charge in [-0.15, -0.1) is 0 Å². The van der Waals surface area contributed by atoms with Crippen LogP contribution in [-0.4, -0.2) is 39.6 Å². The summed E-state index contributed by atoms with van der Waals surface area (Å²) in [5.74, 6) is -0.102. The van der Waals surface area contributed by atoms with Crippen molar-refractivity contribution in [2.45, 2.75) is 25.8 Å². The number of anilines is 2. The number of carbonyl (C=O) groups is 2. The zero-order chi connectivity index (χ0) is 22.7. The first-order chi connectivity index (χ1) is 15.4. The van der Waals surface area contributed by atoms with Crippen LogP contribution in [0.4, 0.5) is 15.9 Å². The minimum atomic E-state index is -0.767. The zero-order valence-electron chi connectivity index (χ0n) is 17.3. The molecule has 0 bridgehead atoms. The molecule has 0 saturated carbocycles. The fraction of sp³-hybridized carbons (Fsp3) is 0.217. The fourth-order valence-electron chi connectivity index (χ4n) is 3.60. The second-order valence-corrected chi connectivity index (χ2v) is 7.82. The highest BCUT2D eigenvalue weighted by Gasteiger charge is 2.43. The molecule has 9 heteroatoms. The van der Waals surface area contributed by atoms with E-state index in [0.29, 0.717) is 35.3 Å². The van der Waals surface area contributed by atoms with Crippen LogP contribution in [0, 0.1) is 12.7 Å². The Morgan fingerprint density at radius 3 is 2.56 bits per heavy atom. The van der Waals surface area contributed by atoms with Gasteiger partial charge in [0.05, 0.1) is 12.1 Å². The van der Waals surface area contributed by atoms with Gasteiger partial charge in [-0.05, 0) is 55.4 Å². The van der Waals surface area contributed by atoms with E-state index in [0.717, 1.165) is 5.56 Å². The molecule has 1 aliphatic heterocycles. The summed E-state index contributed by atoms with van der Waals surface area (Å²) in [6.45, 7) is 2.12. The van der Waals surface area contributed by atoms with Gasteiger partial charge in [-0.25, -0.2) is 4.39 Å². The number of nitrogens with one attached hydrogen (secondary N) is 1. The van der Waals surface area contributed by atoms with Crippen LogP contribution in [0.3, 0.4) is 0 Å². The smallest absolute Gasteiger partial charge is 0.256 e. The standard InChI is InChI=1S/C23H21FN4O3S/c1-15-13-20(26-31-15)25-21(29)14-19-22(30)28(18-5-3-2-4-6-18)23(32)27(19)12-11-16-7-9-17(24)10-8-16/h2-10,13,19H,11-12,14H2,1H3,(H,25,26,29)/t19-/m1/s1. The SMILES string of the molecule is Cc1cc(NC(=O)C[C@@H]2C(=O)N(c3ccccc3)C(=S)N2CCc2ccc(F)cc2)no1. The van der Waals surface area contributed by atoms with Crippen molar-refractivity contribution < 1.29 is 18.5 Å². The number of halogens is 1. The molecule has 1 saturated heterocycles. The molecule has 1 atom stereocenters. The third-order valence-corrected chi connectivity index (χ3v) is 5.58. The number of aryl methyl sites for hydroxylation is 1. The number of rotatable bonds is 7. The Balaban J connectivity index is 1.54. The molecule has 32 heavy (non-hydrogen) atoms.